The standard InChI is InChI=1S/2C9H13Si.C8H12.Pt/c2*1-10(2,3)9-7-5-4-6-8-9;1-2-4-6-8-7-5-3-1;/h2*4-7H,1-3H3;1-2,7-8H,3-6H2;/q2*-1;;+2. The van der Waals surface area contributed by atoms with Crippen LogP contribution in [0.2, 0.25) is 39.3 Å². The maximum atomic E-state index is 3.27. The average Bonchev–Trinajstić information content (AvgIpc) is 2.62. The van der Waals surface area contributed by atoms with Crippen molar-refractivity contribution < 1.29 is 21.1 Å². The Labute approximate surface area is 196 Å². The molecule has 3 rings (SSSR count). The van der Waals surface area contributed by atoms with E-state index >= 15 is 0 Å². The molecule has 1 aliphatic carbocycles. The van der Waals surface area contributed by atoms with Crippen molar-refractivity contribution in [3.63, 3.8) is 0 Å². The molecule has 0 radical (unpaired) electrons. The first-order valence-corrected chi connectivity index (χ1v) is 17.5. The minimum atomic E-state index is -1.09. The van der Waals surface area contributed by atoms with Gasteiger partial charge in [0.05, 0.1) is 16.1 Å². The Kier molecular flexibility index (Phi) is 14.4. The van der Waals surface area contributed by atoms with Gasteiger partial charge in [-0.05, 0) is 25.7 Å². The number of hydrogen-bond acceptors (Lipinski definition) is 0. The summed E-state index contributed by atoms with van der Waals surface area (Å²) in [7, 11) is -2.18. The van der Waals surface area contributed by atoms with Crippen molar-refractivity contribution in [3.05, 3.63) is 85.0 Å². The fourth-order valence-electron chi connectivity index (χ4n) is 2.58. The topological polar surface area (TPSA) is 0 Å². The second-order valence-corrected chi connectivity index (χ2v) is 19.2. The molecule has 29 heavy (non-hydrogen) atoms. The third-order valence-electron chi connectivity index (χ3n) is 4.37. The van der Waals surface area contributed by atoms with Gasteiger partial charge in [0.2, 0.25) is 0 Å². The van der Waals surface area contributed by atoms with E-state index in [-0.39, 0.29) is 21.1 Å². The van der Waals surface area contributed by atoms with Crippen LogP contribution in [-0.2, 0) is 21.1 Å². The maximum Gasteiger partial charge on any atom is 2.00 e. The first-order valence-electron chi connectivity index (χ1n) is 10.5. The van der Waals surface area contributed by atoms with Crippen molar-refractivity contribution >= 4 is 26.5 Å². The van der Waals surface area contributed by atoms with Gasteiger partial charge in [0.25, 0.3) is 0 Å². The summed E-state index contributed by atoms with van der Waals surface area (Å²) in [6, 6.07) is 23.1. The SMILES string of the molecule is C1=CCCC=CCC1.C[Si](C)(C)c1[c-]cccc1.C[Si](C)(C)c1[c-]cccc1.[Pt+2]. The fourth-order valence-corrected chi connectivity index (χ4v) is 4.80. The Hall–Kier alpha value is -0.958. The Bertz CT molecular complexity index is 617. The van der Waals surface area contributed by atoms with E-state index in [1.54, 1.807) is 0 Å². The number of hydrogen-bond donors (Lipinski definition) is 0. The molecule has 2 aromatic carbocycles. The summed E-state index contributed by atoms with van der Waals surface area (Å²) in [6.07, 6.45) is 14.0. The predicted octanol–water partition coefficient (Wildman–Crippen LogP) is 6.73. The van der Waals surface area contributed by atoms with Crippen LogP contribution in [0.4, 0.5) is 0 Å². The Morgan fingerprint density at radius 3 is 1.03 bits per heavy atom. The van der Waals surface area contributed by atoms with Crippen LogP contribution < -0.4 is 10.4 Å². The van der Waals surface area contributed by atoms with E-state index < -0.39 is 16.1 Å². The van der Waals surface area contributed by atoms with E-state index in [1.807, 2.05) is 24.3 Å². The Morgan fingerprint density at radius 2 is 0.862 bits per heavy atom. The molecule has 0 atom stereocenters. The van der Waals surface area contributed by atoms with E-state index in [0.717, 1.165) is 0 Å². The molecule has 0 bridgehead atoms. The van der Waals surface area contributed by atoms with Gasteiger partial charge in [-0.1, -0.05) is 63.6 Å². The smallest absolute Gasteiger partial charge is 0.184 e. The zero-order valence-electron chi connectivity index (χ0n) is 19.1. The largest absolute Gasteiger partial charge is 2.00 e. The van der Waals surface area contributed by atoms with E-state index in [4.69, 9.17) is 0 Å². The van der Waals surface area contributed by atoms with Crippen LogP contribution in [0, 0.1) is 12.1 Å². The molecule has 0 amide bonds. The monoisotopic (exact) mass is 601 g/mol. The van der Waals surface area contributed by atoms with Gasteiger partial charge in [0.15, 0.2) is 0 Å². The van der Waals surface area contributed by atoms with Gasteiger partial charge in [-0.15, -0.1) is 0 Å². The van der Waals surface area contributed by atoms with Crippen molar-refractivity contribution in [1.82, 2.24) is 0 Å². The Balaban J connectivity index is 0.000000401. The van der Waals surface area contributed by atoms with E-state index in [0.29, 0.717) is 0 Å². The number of allylic oxidation sites excluding steroid dienone is 4. The molecule has 2 aromatic rings. The molecule has 0 aliphatic heterocycles. The summed E-state index contributed by atoms with van der Waals surface area (Å²) >= 11 is 0. The molecule has 1 aliphatic rings. The van der Waals surface area contributed by atoms with E-state index in [9.17, 15) is 0 Å². The van der Waals surface area contributed by atoms with Crippen molar-refractivity contribution in [2.24, 2.45) is 0 Å². The minimum Gasteiger partial charge on any atom is -0.184 e. The zero-order chi connectivity index (χ0) is 20.9. The number of rotatable bonds is 2. The summed E-state index contributed by atoms with van der Waals surface area (Å²) in [5, 5.41) is 2.82. The van der Waals surface area contributed by atoms with Gasteiger partial charge < -0.3 is 0 Å². The summed E-state index contributed by atoms with van der Waals surface area (Å²) < 4.78 is 0. The normalized spacial score (nSPS) is 13.4. The van der Waals surface area contributed by atoms with Crippen LogP contribution >= 0.6 is 0 Å². The fraction of sp³-hybridized carbons (Fsp3) is 0.385. The van der Waals surface area contributed by atoms with Gasteiger partial charge in [0, 0.05) is 0 Å². The van der Waals surface area contributed by atoms with Crippen LogP contribution in [0.5, 0.6) is 0 Å². The van der Waals surface area contributed by atoms with E-state index in [1.165, 1.54) is 36.1 Å². The summed E-state index contributed by atoms with van der Waals surface area (Å²) in [6.45, 7) is 14.0. The minimum absolute atomic E-state index is 0. The number of benzene rings is 2. The van der Waals surface area contributed by atoms with Crippen molar-refractivity contribution in [3.8, 4) is 0 Å². The van der Waals surface area contributed by atoms with Crippen molar-refractivity contribution in [2.45, 2.75) is 65.0 Å². The first-order chi connectivity index (χ1) is 13.2. The van der Waals surface area contributed by atoms with Gasteiger partial charge >= 0.3 is 21.1 Å². The summed E-state index contributed by atoms with van der Waals surface area (Å²) in [5.74, 6) is 0. The molecule has 160 valence electrons. The molecular weight excluding hydrogens is 564 g/mol. The van der Waals surface area contributed by atoms with Gasteiger partial charge in [0.1, 0.15) is 0 Å². The summed E-state index contributed by atoms with van der Waals surface area (Å²) in [5.41, 5.74) is 0. The average molecular weight is 602 g/mol. The third kappa shape index (κ3) is 13.8. The molecule has 0 N–H and O–H groups in total. The van der Waals surface area contributed by atoms with Crippen LogP contribution in [0.3, 0.4) is 0 Å². The molecule has 0 nitrogen and oxygen atoms in total. The molecule has 0 fully saturated rings. The zero-order valence-corrected chi connectivity index (χ0v) is 23.3. The second kappa shape index (κ2) is 14.9. The van der Waals surface area contributed by atoms with Crippen LogP contribution in [-0.4, -0.2) is 16.1 Å². The second-order valence-electron chi connectivity index (χ2n) is 9.15. The van der Waals surface area contributed by atoms with Crippen molar-refractivity contribution in [1.29, 1.82) is 0 Å². The molecule has 0 unspecified atom stereocenters. The third-order valence-corrected chi connectivity index (χ3v) is 8.22. The quantitative estimate of drug-likeness (QED) is 0.203. The molecule has 0 saturated heterocycles. The summed E-state index contributed by atoms with van der Waals surface area (Å²) in [4.78, 5) is 0. The van der Waals surface area contributed by atoms with E-state index in [2.05, 4.69) is 100.0 Å². The molecule has 0 spiro atoms. The van der Waals surface area contributed by atoms with Gasteiger partial charge in [-0.2, -0.15) is 71.0 Å². The predicted molar refractivity (Wildman–Crippen MR) is 133 cm³/mol. The van der Waals surface area contributed by atoms with Crippen LogP contribution in [0.25, 0.3) is 0 Å². The molecule has 3 heteroatoms. The molecule has 0 heterocycles. The maximum absolute atomic E-state index is 3.27. The van der Waals surface area contributed by atoms with Gasteiger partial charge in [-0.25, -0.2) is 0 Å². The van der Waals surface area contributed by atoms with Gasteiger partial charge in [-0.3, -0.25) is 0 Å². The van der Waals surface area contributed by atoms with Crippen LogP contribution in [0.1, 0.15) is 25.7 Å². The van der Waals surface area contributed by atoms with Crippen LogP contribution in [0.15, 0.2) is 72.8 Å². The molecule has 0 saturated carbocycles. The Morgan fingerprint density at radius 1 is 0.552 bits per heavy atom. The molecule has 0 aromatic heterocycles. The first kappa shape index (κ1) is 28.0. The van der Waals surface area contributed by atoms with Crippen molar-refractivity contribution in [2.75, 3.05) is 0 Å². The molecular formula is C26H38PtSi2.